The van der Waals surface area contributed by atoms with Crippen LogP contribution >= 0.6 is 11.3 Å². The van der Waals surface area contributed by atoms with Crippen LogP contribution in [0.3, 0.4) is 0 Å². The van der Waals surface area contributed by atoms with E-state index in [-0.39, 0.29) is 11.5 Å². The van der Waals surface area contributed by atoms with Gasteiger partial charge in [0, 0.05) is 12.7 Å². The van der Waals surface area contributed by atoms with Gasteiger partial charge in [0.15, 0.2) is 0 Å². The minimum Gasteiger partial charge on any atom is -0.465 e. The number of aromatic nitrogens is 2. The van der Waals surface area contributed by atoms with Crippen molar-refractivity contribution in [2.75, 3.05) is 12.4 Å². The molecule has 0 spiro atoms. The molecular weight excluding hydrogens is 342 g/mol. The number of rotatable bonds is 3. The number of anilines is 1. The molecule has 0 radical (unpaired) electrons. The maximum absolute atomic E-state index is 12.6. The van der Waals surface area contributed by atoms with Crippen molar-refractivity contribution < 1.29 is 14.3 Å². The summed E-state index contributed by atoms with van der Waals surface area (Å²) in [7, 11) is 2.91. The first-order valence-corrected chi connectivity index (χ1v) is 8.18. The van der Waals surface area contributed by atoms with E-state index < -0.39 is 5.97 Å². The number of carbonyl (C=O) groups excluding carboxylic acids is 2. The number of esters is 1. The number of hydrogen-bond acceptors (Lipinski definition) is 6. The smallest absolute Gasteiger partial charge is 0.337 e. The van der Waals surface area contributed by atoms with Crippen LogP contribution in [0.15, 0.2) is 35.4 Å². The first-order chi connectivity index (χ1) is 11.9. The van der Waals surface area contributed by atoms with Crippen LogP contribution in [0.1, 0.15) is 25.6 Å². The Morgan fingerprint density at radius 2 is 2.08 bits per heavy atom. The number of ether oxygens (including phenoxy) is 1. The van der Waals surface area contributed by atoms with E-state index >= 15 is 0 Å². The zero-order valence-electron chi connectivity index (χ0n) is 13.8. The summed E-state index contributed by atoms with van der Waals surface area (Å²) in [5.41, 5.74) is 1.20. The van der Waals surface area contributed by atoms with Gasteiger partial charge in [0.2, 0.25) is 0 Å². The lowest BCUT2D eigenvalue weighted by molar-refractivity contribution is 0.0600. The number of thiophene rings is 1. The summed E-state index contributed by atoms with van der Waals surface area (Å²) in [6, 6.07) is 6.45. The van der Waals surface area contributed by atoms with Crippen LogP contribution in [0.4, 0.5) is 5.69 Å². The Morgan fingerprint density at radius 1 is 1.32 bits per heavy atom. The number of benzene rings is 1. The van der Waals surface area contributed by atoms with Crippen molar-refractivity contribution >= 4 is 39.1 Å². The van der Waals surface area contributed by atoms with Crippen molar-refractivity contribution in [3.05, 3.63) is 57.0 Å². The minimum atomic E-state index is -0.484. The first kappa shape index (κ1) is 16.8. The molecule has 0 saturated heterocycles. The molecule has 1 aromatic carbocycles. The maximum atomic E-state index is 12.6. The van der Waals surface area contributed by atoms with Crippen molar-refractivity contribution in [1.82, 2.24) is 9.55 Å². The summed E-state index contributed by atoms with van der Waals surface area (Å²) in [6.45, 7) is 1.72. The number of nitrogens with one attached hydrogen (secondary N) is 1. The van der Waals surface area contributed by atoms with Gasteiger partial charge in [-0.1, -0.05) is 6.07 Å². The number of hydrogen-bond donors (Lipinski definition) is 1. The second-order valence-corrected chi connectivity index (χ2v) is 6.42. The Kier molecular flexibility index (Phi) is 4.37. The van der Waals surface area contributed by atoms with Crippen molar-refractivity contribution in [3.63, 3.8) is 0 Å². The normalized spacial score (nSPS) is 10.7. The fourth-order valence-electron chi connectivity index (χ4n) is 2.46. The summed E-state index contributed by atoms with van der Waals surface area (Å²) in [6.07, 6.45) is 1.43. The third kappa shape index (κ3) is 3.03. The van der Waals surface area contributed by atoms with E-state index in [1.165, 1.54) is 24.1 Å². The van der Waals surface area contributed by atoms with Crippen LogP contribution in [-0.2, 0) is 11.8 Å². The topological polar surface area (TPSA) is 90.3 Å². The maximum Gasteiger partial charge on any atom is 0.337 e. The summed E-state index contributed by atoms with van der Waals surface area (Å²) in [4.78, 5) is 41.6. The second kappa shape index (κ2) is 6.48. The van der Waals surface area contributed by atoms with Gasteiger partial charge >= 0.3 is 5.97 Å². The molecule has 3 aromatic rings. The van der Waals surface area contributed by atoms with Crippen LogP contribution in [0.2, 0.25) is 0 Å². The highest BCUT2D eigenvalue weighted by Crippen LogP contribution is 2.27. The predicted molar refractivity (Wildman–Crippen MR) is 95.3 cm³/mol. The SMILES string of the molecule is COC(=O)c1cccc(NC(=O)c2sc3ncn(C)c(=O)c3c2C)c1. The molecule has 8 heteroatoms. The van der Waals surface area contributed by atoms with Crippen LogP contribution in [-0.4, -0.2) is 28.5 Å². The molecular formula is C17H15N3O4S. The second-order valence-electron chi connectivity index (χ2n) is 5.42. The Balaban J connectivity index is 1.96. The fourth-order valence-corrected chi connectivity index (χ4v) is 3.49. The molecule has 7 nitrogen and oxygen atoms in total. The summed E-state index contributed by atoms with van der Waals surface area (Å²) in [5.74, 6) is -0.841. The van der Waals surface area contributed by atoms with Gasteiger partial charge in [0.25, 0.3) is 11.5 Å². The van der Waals surface area contributed by atoms with E-state index in [9.17, 15) is 14.4 Å². The third-order valence-corrected chi connectivity index (χ3v) is 4.96. The van der Waals surface area contributed by atoms with Gasteiger partial charge in [0.1, 0.15) is 4.83 Å². The standard InChI is InChI=1S/C17H15N3O4S/c1-9-12-15(18-8-20(2)16(12)22)25-13(9)14(21)19-11-6-4-5-10(7-11)17(23)24-3/h4-8H,1-3H3,(H,19,21). The molecule has 0 saturated carbocycles. The van der Waals surface area contributed by atoms with Crippen LogP contribution < -0.4 is 10.9 Å². The van der Waals surface area contributed by atoms with E-state index in [2.05, 4.69) is 15.0 Å². The van der Waals surface area contributed by atoms with Crippen molar-refractivity contribution in [3.8, 4) is 0 Å². The largest absolute Gasteiger partial charge is 0.465 e. The lowest BCUT2D eigenvalue weighted by atomic mass is 10.2. The fraction of sp³-hybridized carbons (Fsp3) is 0.176. The van der Waals surface area contributed by atoms with Crippen LogP contribution in [0.25, 0.3) is 10.2 Å². The van der Waals surface area contributed by atoms with Crippen molar-refractivity contribution in [1.29, 1.82) is 0 Å². The van der Waals surface area contributed by atoms with Gasteiger partial charge in [0.05, 0.1) is 29.3 Å². The molecule has 0 aliphatic rings. The van der Waals surface area contributed by atoms with Gasteiger partial charge in [-0.2, -0.15) is 0 Å². The van der Waals surface area contributed by atoms with E-state index in [0.717, 1.165) is 11.3 Å². The minimum absolute atomic E-state index is 0.189. The Morgan fingerprint density at radius 3 is 2.80 bits per heavy atom. The van der Waals surface area contributed by atoms with Gasteiger partial charge in [-0.15, -0.1) is 11.3 Å². The Bertz CT molecular complexity index is 1050. The highest BCUT2D eigenvalue weighted by atomic mass is 32.1. The average Bonchev–Trinajstić information content (AvgIpc) is 2.95. The lowest BCUT2D eigenvalue weighted by Gasteiger charge is -2.06. The molecule has 25 heavy (non-hydrogen) atoms. The Labute approximate surface area is 146 Å². The molecule has 1 amide bonds. The van der Waals surface area contributed by atoms with Gasteiger partial charge in [-0.05, 0) is 30.7 Å². The van der Waals surface area contributed by atoms with Gasteiger partial charge in [-0.3, -0.25) is 9.59 Å². The van der Waals surface area contributed by atoms with Crippen molar-refractivity contribution in [2.45, 2.75) is 6.92 Å². The molecule has 1 N–H and O–H groups in total. The molecule has 3 rings (SSSR count). The quantitative estimate of drug-likeness (QED) is 0.727. The molecule has 0 unspecified atom stereocenters. The molecule has 128 valence electrons. The molecule has 0 fully saturated rings. The third-order valence-electron chi connectivity index (χ3n) is 3.76. The molecule has 2 aromatic heterocycles. The number of fused-ring (bicyclic) bond motifs is 1. The molecule has 0 aliphatic carbocycles. The van der Waals surface area contributed by atoms with Gasteiger partial charge in [-0.25, -0.2) is 9.78 Å². The predicted octanol–water partition coefficient (Wildman–Crippen LogP) is 2.34. The highest BCUT2D eigenvalue weighted by molar-refractivity contribution is 7.20. The zero-order valence-corrected chi connectivity index (χ0v) is 14.6. The number of methoxy groups -OCH3 is 1. The first-order valence-electron chi connectivity index (χ1n) is 7.37. The molecule has 0 bridgehead atoms. The van der Waals surface area contributed by atoms with Crippen LogP contribution in [0.5, 0.6) is 0 Å². The van der Waals surface area contributed by atoms with E-state index in [1.54, 1.807) is 32.2 Å². The molecule has 0 atom stereocenters. The Hall–Kier alpha value is -3.00. The van der Waals surface area contributed by atoms with Crippen LogP contribution in [0, 0.1) is 6.92 Å². The van der Waals surface area contributed by atoms with Gasteiger partial charge < -0.3 is 14.6 Å². The van der Waals surface area contributed by atoms with E-state index in [1.807, 2.05) is 0 Å². The summed E-state index contributed by atoms with van der Waals surface area (Å²) < 4.78 is 6.05. The zero-order chi connectivity index (χ0) is 18.1. The number of nitrogens with zero attached hydrogens (tertiary/aromatic N) is 2. The summed E-state index contributed by atoms with van der Waals surface area (Å²) >= 11 is 1.16. The van der Waals surface area contributed by atoms with E-state index in [0.29, 0.717) is 31.9 Å². The average molecular weight is 357 g/mol. The number of carbonyl (C=O) groups is 2. The monoisotopic (exact) mass is 357 g/mol. The molecule has 2 heterocycles. The molecule has 0 aliphatic heterocycles. The lowest BCUT2D eigenvalue weighted by Crippen LogP contribution is -2.17. The summed E-state index contributed by atoms with van der Waals surface area (Å²) in [5, 5.41) is 3.19. The van der Waals surface area contributed by atoms with Crippen molar-refractivity contribution in [2.24, 2.45) is 7.05 Å². The highest BCUT2D eigenvalue weighted by Gasteiger charge is 2.19. The van der Waals surface area contributed by atoms with E-state index in [4.69, 9.17) is 0 Å². The number of aryl methyl sites for hydroxylation is 2. The number of amides is 1.